The molecule has 6 heteroatoms. The van der Waals surface area contributed by atoms with E-state index in [9.17, 15) is 0 Å². The first-order valence-corrected chi connectivity index (χ1v) is 10.2. The minimum absolute atomic E-state index is 0.229. The van der Waals surface area contributed by atoms with Gasteiger partial charge >= 0.3 is 0 Å². The fraction of sp³-hybridized carbons (Fsp3) is 0.565. The van der Waals surface area contributed by atoms with Gasteiger partial charge in [-0.3, -0.25) is 0 Å². The summed E-state index contributed by atoms with van der Waals surface area (Å²) in [6.45, 7) is 8.51. The molecule has 0 N–H and O–H groups in total. The van der Waals surface area contributed by atoms with Crippen molar-refractivity contribution in [3.8, 4) is 0 Å². The molecule has 5 rings (SSSR count). The SMILES string of the molecule is CC1(C)OC2[C@H](O[C@H]([C@H]3COC(C)(C)O3)[C@H]2OCc2ccc3ccccc3c2)O1. The minimum Gasteiger partial charge on any atom is -0.368 e. The topological polar surface area (TPSA) is 55.4 Å². The summed E-state index contributed by atoms with van der Waals surface area (Å²) in [4.78, 5) is 0. The second-order valence-corrected chi connectivity index (χ2v) is 8.89. The molecular formula is C23H28O6. The Kier molecular flexibility index (Phi) is 4.70. The summed E-state index contributed by atoms with van der Waals surface area (Å²) < 4.78 is 36.4. The first kappa shape index (κ1) is 19.4. The van der Waals surface area contributed by atoms with Gasteiger partial charge < -0.3 is 28.4 Å². The molecule has 1 unspecified atom stereocenters. The molecule has 5 atom stereocenters. The fourth-order valence-corrected chi connectivity index (χ4v) is 4.39. The van der Waals surface area contributed by atoms with Crippen molar-refractivity contribution in [1.29, 1.82) is 0 Å². The molecule has 0 aromatic heterocycles. The number of rotatable bonds is 4. The highest BCUT2D eigenvalue weighted by Crippen LogP contribution is 2.42. The van der Waals surface area contributed by atoms with Crippen LogP contribution in [0.5, 0.6) is 0 Å². The van der Waals surface area contributed by atoms with Gasteiger partial charge in [-0.25, -0.2) is 0 Å². The lowest BCUT2D eigenvalue weighted by Gasteiger charge is -2.29. The van der Waals surface area contributed by atoms with Crippen molar-refractivity contribution in [2.75, 3.05) is 6.61 Å². The van der Waals surface area contributed by atoms with Gasteiger partial charge in [0.05, 0.1) is 13.2 Å². The molecule has 0 bridgehead atoms. The fourth-order valence-electron chi connectivity index (χ4n) is 4.39. The van der Waals surface area contributed by atoms with E-state index in [0.717, 1.165) is 5.56 Å². The van der Waals surface area contributed by atoms with E-state index in [4.69, 9.17) is 28.4 Å². The Morgan fingerprint density at radius 1 is 0.897 bits per heavy atom. The summed E-state index contributed by atoms with van der Waals surface area (Å²) >= 11 is 0. The molecule has 3 fully saturated rings. The highest BCUT2D eigenvalue weighted by molar-refractivity contribution is 5.82. The maximum Gasteiger partial charge on any atom is 0.190 e. The molecule has 0 aliphatic carbocycles. The van der Waals surface area contributed by atoms with Gasteiger partial charge in [0.2, 0.25) is 0 Å². The lowest BCUT2D eigenvalue weighted by molar-refractivity contribution is -0.236. The molecule has 0 radical (unpaired) electrons. The van der Waals surface area contributed by atoms with Crippen LogP contribution in [0.25, 0.3) is 10.8 Å². The van der Waals surface area contributed by atoms with E-state index in [1.165, 1.54) is 10.8 Å². The molecule has 29 heavy (non-hydrogen) atoms. The lowest BCUT2D eigenvalue weighted by Crippen LogP contribution is -2.44. The molecule has 3 heterocycles. The van der Waals surface area contributed by atoms with Crippen LogP contribution in [0.15, 0.2) is 42.5 Å². The smallest absolute Gasteiger partial charge is 0.190 e. The monoisotopic (exact) mass is 400 g/mol. The second kappa shape index (κ2) is 7.01. The average Bonchev–Trinajstić information content (AvgIpc) is 3.28. The van der Waals surface area contributed by atoms with Gasteiger partial charge in [-0.1, -0.05) is 36.4 Å². The molecule has 6 nitrogen and oxygen atoms in total. The van der Waals surface area contributed by atoms with Crippen LogP contribution in [-0.2, 0) is 35.0 Å². The zero-order chi connectivity index (χ0) is 20.2. The normalized spacial score (nSPS) is 35.2. The van der Waals surface area contributed by atoms with Crippen LogP contribution in [0.2, 0.25) is 0 Å². The largest absolute Gasteiger partial charge is 0.368 e. The maximum atomic E-state index is 6.37. The van der Waals surface area contributed by atoms with E-state index in [-0.39, 0.29) is 24.4 Å². The van der Waals surface area contributed by atoms with E-state index in [1.54, 1.807) is 0 Å². The number of fused-ring (bicyclic) bond motifs is 2. The number of hydrogen-bond donors (Lipinski definition) is 0. The molecule has 2 aromatic rings. The van der Waals surface area contributed by atoms with Crippen LogP contribution in [0, 0.1) is 0 Å². The van der Waals surface area contributed by atoms with Gasteiger partial charge in [-0.15, -0.1) is 0 Å². The van der Waals surface area contributed by atoms with Crippen molar-refractivity contribution in [3.05, 3.63) is 48.0 Å². The third-order valence-electron chi connectivity index (χ3n) is 5.68. The van der Waals surface area contributed by atoms with Crippen LogP contribution in [-0.4, -0.2) is 48.9 Å². The van der Waals surface area contributed by atoms with Crippen LogP contribution in [0.1, 0.15) is 33.3 Å². The summed E-state index contributed by atoms with van der Waals surface area (Å²) in [6, 6.07) is 14.7. The van der Waals surface area contributed by atoms with Crippen LogP contribution < -0.4 is 0 Å². The minimum atomic E-state index is -0.697. The zero-order valence-electron chi connectivity index (χ0n) is 17.3. The van der Waals surface area contributed by atoms with Crippen LogP contribution in [0.4, 0.5) is 0 Å². The van der Waals surface area contributed by atoms with Gasteiger partial charge in [0.1, 0.15) is 24.4 Å². The van der Waals surface area contributed by atoms with E-state index in [2.05, 4.69) is 30.3 Å². The first-order valence-electron chi connectivity index (χ1n) is 10.2. The predicted octanol–water partition coefficient (Wildman–Crippen LogP) is 3.75. The molecule has 0 saturated carbocycles. The molecule has 2 aromatic carbocycles. The zero-order valence-corrected chi connectivity index (χ0v) is 17.3. The van der Waals surface area contributed by atoms with Gasteiger partial charge in [0.25, 0.3) is 0 Å². The molecule has 3 aliphatic rings. The molecule has 3 aliphatic heterocycles. The quantitative estimate of drug-likeness (QED) is 0.779. The standard InChI is InChI=1S/C23H28O6/c1-22(2)25-13-17(27-22)18-19(20-21(26-18)29-23(3,4)28-20)24-12-14-9-10-15-7-5-6-8-16(15)11-14/h5-11,17-21H,12-13H2,1-4H3/t17-,18-,19-,20?,21-/m1/s1. The van der Waals surface area contributed by atoms with E-state index in [0.29, 0.717) is 13.2 Å². The third-order valence-corrected chi connectivity index (χ3v) is 5.68. The Balaban J connectivity index is 1.35. The van der Waals surface area contributed by atoms with Crippen molar-refractivity contribution in [2.45, 2.75) is 76.6 Å². The van der Waals surface area contributed by atoms with Crippen molar-refractivity contribution in [1.82, 2.24) is 0 Å². The molecule has 0 amide bonds. The first-order chi connectivity index (χ1) is 13.8. The van der Waals surface area contributed by atoms with Gasteiger partial charge in [-0.05, 0) is 50.1 Å². The van der Waals surface area contributed by atoms with Crippen molar-refractivity contribution in [2.24, 2.45) is 0 Å². The van der Waals surface area contributed by atoms with Gasteiger partial charge in [-0.2, -0.15) is 0 Å². The summed E-state index contributed by atoms with van der Waals surface area (Å²) in [7, 11) is 0. The van der Waals surface area contributed by atoms with E-state index in [1.807, 2.05) is 39.8 Å². The molecular weight excluding hydrogens is 372 g/mol. The van der Waals surface area contributed by atoms with Crippen molar-refractivity contribution >= 4 is 10.8 Å². The summed E-state index contributed by atoms with van der Waals surface area (Å²) in [6.07, 6.45) is -1.63. The molecule has 0 spiro atoms. The molecule has 156 valence electrons. The highest BCUT2D eigenvalue weighted by atomic mass is 16.8. The van der Waals surface area contributed by atoms with Gasteiger partial charge in [0, 0.05) is 0 Å². The van der Waals surface area contributed by atoms with Gasteiger partial charge in [0.15, 0.2) is 17.9 Å². The Morgan fingerprint density at radius 3 is 2.45 bits per heavy atom. The predicted molar refractivity (Wildman–Crippen MR) is 106 cm³/mol. The number of benzene rings is 2. The Hall–Kier alpha value is -1.54. The Bertz CT molecular complexity index is 894. The lowest BCUT2D eigenvalue weighted by atomic mass is 10.1. The van der Waals surface area contributed by atoms with Crippen molar-refractivity contribution in [3.63, 3.8) is 0 Å². The number of ether oxygens (including phenoxy) is 6. The third kappa shape index (κ3) is 3.81. The maximum absolute atomic E-state index is 6.37. The van der Waals surface area contributed by atoms with Crippen molar-refractivity contribution < 1.29 is 28.4 Å². The Labute approximate surface area is 171 Å². The average molecular weight is 400 g/mol. The highest BCUT2D eigenvalue weighted by Gasteiger charge is 2.58. The van der Waals surface area contributed by atoms with Crippen LogP contribution in [0.3, 0.4) is 0 Å². The number of hydrogen-bond acceptors (Lipinski definition) is 6. The molecule has 3 saturated heterocycles. The van der Waals surface area contributed by atoms with E-state index >= 15 is 0 Å². The van der Waals surface area contributed by atoms with E-state index < -0.39 is 17.9 Å². The summed E-state index contributed by atoms with van der Waals surface area (Å²) in [5.74, 6) is -1.33. The Morgan fingerprint density at radius 2 is 1.69 bits per heavy atom. The summed E-state index contributed by atoms with van der Waals surface area (Å²) in [5, 5.41) is 2.41. The summed E-state index contributed by atoms with van der Waals surface area (Å²) in [5.41, 5.74) is 1.10. The van der Waals surface area contributed by atoms with Crippen LogP contribution >= 0.6 is 0 Å². The second-order valence-electron chi connectivity index (χ2n) is 8.89.